The molecule has 0 aromatic heterocycles. The predicted octanol–water partition coefficient (Wildman–Crippen LogP) is 1.34. The molecule has 1 rings (SSSR count). The van der Waals surface area contributed by atoms with Crippen molar-refractivity contribution in [3.63, 3.8) is 0 Å². The number of hydrogen-bond donors (Lipinski definition) is 3. The van der Waals surface area contributed by atoms with E-state index >= 15 is 0 Å². The summed E-state index contributed by atoms with van der Waals surface area (Å²) in [5.41, 5.74) is 6.19. The molecule has 1 aromatic carbocycles. The first-order chi connectivity index (χ1) is 7.15. The zero-order valence-electron chi connectivity index (χ0n) is 8.16. The summed E-state index contributed by atoms with van der Waals surface area (Å²) in [4.78, 5) is 0. The molecule has 0 aliphatic carbocycles. The van der Waals surface area contributed by atoms with Crippen molar-refractivity contribution in [3.8, 4) is 0 Å². The van der Waals surface area contributed by atoms with Gasteiger partial charge < -0.3 is 10.8 Å². The maximum atomic E-state index is 13.4. The fourth-order valence-electron chi connectivity index (χ4n) is 1.08. The number of nitrogens with two attached hydrogens (primary N) is 1. The van der Waals surface area contributed by atoms with Gasteiger partial charge in [-0.2, -0.15) is 11.8 Å². The highest BCUT2D eigenvalue weighted by molar-refractivity contribution is 7.98. The Kier molecular flexibility index (Phi) is 4.58. The van der Waals surface area contributed by atoms with Gasteiger partial charge in [-0.3, -0.25) is 5.41 Å². The summed E-state index contributed by atoms with van der Waals surface area (Å²) in [6.07, 6.45) is 0. The van der Waals surface area contributed by atoms with Crippen LogP contribution in [0.25, 0.3) is 0 Å². The highest BCUT2D eigenvalue weighted by Gasteiger charge is 2.04. The van der Waals surface area contributed by atoms with Crippen LogP contribution in [0, 0.1) is 11.2 Å². The number of hydrogen-bond acceptors (Lipinski definition) is 3. The molecule has 5 heteroatoms. The van der Waals surface area contributed by atoms with E-state index in [1.807, 2.05) is 0 Å². The van der Waals surface area contributed by atoms with E-state index < -0.39 is 0 Å². The Morgan fingerprint density at radius 3 is 2.80 bits per heavy atom. The summed E-state index contributed by atoms with van der Waals surface area (Å²) in [6.45, 7) is 0.0951. The second kappa shape index (κ2) is 5.72. The van der Waals surface area contributed by atoms with Crippen LogP contribution in [0.2, 0.25) is 0 Å². The minimum Gasteiger partial charge on any atom is -0.396 e. The van der Waals surface area contributed by atoms with Crippen LogP contribution in [-0.2, 0) is 5.75 Å². The van der Waals surface area contributed by atoms with Crippen LogP contribution >= 0.6 is 11.8 Å². The van der Waals surface area contributed by atoms with Crippen molar-refractivity contribution in [2.24, 2.45) is 5.73 Å². The van der Waals surface area contributed by atoms with Crippen molar-refractivity contribution in [2.75, 3.05) is 12.4 Å². The highest BCUT2D eigenvalue weighted by Crippen LogP contribution is 2.16. The third kappa shape index (κ3) is 3.53. The van der Waals surface area contributed by atoms with E-state index in [1.165, 1.54) is 17.8 Å². The molecule has 3 nitrogen and oxygen atoms in total. The van der Waals surface area contributed by atoms with Gasteiger partial charge in [0.1, 0.15) is 11.7 Å². The molecule has 82 valence electrons. The van der Waals surface area contributed by atoms with Crippen molar-refractivity contribution in [3.05, 3.63) is 35.1 Å². The van der Waals surface area contributed by atoms with Gasteiger partial charge in [0.15, 0.2) is 0 Å². The van der Waals surface area contributed by atoms with Crippen molar-refractivity contribution in [1.29, 1.82) is 5.41 Å². The fraction of sp³-hybridized carbons (Fsp3) is 0.300. The van der Waals surface area contributed by atoms with E-state index in [0.717, 1.165) is 0 Å². The highest BCUT2D eigenvalue weighted by atomic mass is 32.2. The predicted molar refractivity (Wildman–Crippen MR) is 60.7 cm³/mol. The Bertz CT molecular complexity index is 357. The molecule has 15 heavy (non-hydrogen) atoms. The Morgan fingerprint density at radius 1 is 1.53 bits per heavy atom. The fourth-order valence-corrected chi connectivity index (χ4v) is 1.81. The van der Waals surface area contributed by atoms with E-state index in [9.17, 15) is 4.39 Å². The SMILES string of the molecule is N=C(N)c1ccc(CSCCO)c(F)c1. The van der Waals surface area contributed by atoms with Crippen molar-refractivity contribution in [2.45, 2.75) is 5.75 Å². The average Bonchev–Trinajstić information content (AvgIpc) is 2.20. The number of amidine groups is 1. The molecule has 0 atom stereocenters. The number of benzene rings is 1. The first kappa shape index (κ1) is 12.0. The molecule has 0 radical (unpaired) electrons. The standard InChI is InChI=1S/C10H13FN2OS/c11-9-5-7(10(12)13)1-2-8(9)6-15-4-3-14/h1-2,5,14H,3-4,6H2,(H3,12,13). The largest absolute Gasteiger partial charge is 0.396 e. The van der Waals surface area contributed by atoms with Gasteiger partial charge in [-0.25, -0.2) is 4.39 Å². The third-order valence-electron chi connectivity index (χ3n) is 1.86. The molecule has 0 bridgehead atoms. The number of halogens is 1. The van der Waals surface area contributed by atoms with Crippen molar-refractivity contribution >= 4 is 17.6 Å². The summed E-state index contributed by atoms with van der Waals surface area (Å²) in [6, 6.07) is 4.51. The summed E-state index contributed by atoms with van der Waals surface area (Å²) >= 11 is 1.46. The van der Waals surface area contributed by atoms with Crippen LogP contribution in [0.5, 0.6) is 0 Å². The Morgan fingerprint density at radius 2 is 2.27 bits per heavy atom. The second-order valence-electron chi connectivity index (χ2n) is 3.00. The lowest BCUT2D eigenvalue weighted by atomic mass is 10.1. The number of thioether (sulfide) groups is 1. The van der Waals surface area contributed by atoms with Gasteiger partial charge in [-0.15, -0.1) is 0 Å². The molecule has 1 aromatic rings. The first-order valence-electron chi connectivity index (χ1n) is 4.46. The molecule has 0 unspecified atom stereocenters. The summed E-state index contributed by atoms with van der Waals surface area (Å²) in [5.74, 6) is 0.620. The molecule has 0 saturated heterocycles. The first-order valence-corrected chi connectivity index (χ1v) is 5.62. The minimum absolute atomic E-state index is 0.0951. The van der Waals surface area contributed by atoms with Crippen LogP contribution in [0.4, 0.5) is 4.39 Å². The van der Waals surface area contributed by atoms with E-state index in [4.69, 9.17) is 16.2 Å². The van der Waals surface area contributed by atoms with Crippen LogP contribution < -0.4 is 5.73 Å². The Labute approximate surface area is 92.0 Å². The molecule has 0 aliphatic rings. The summed E-state index contributed by atoms with van der Waals surface area (Å²) in [7, 11) is 0. The number of nitrogen functional groups attached to an aromatic ring is 1. The van der Waals surface area contributed by atoms with Crippen molar-refractivity contribution in [1.82, 2.24) is 0 Å². The van der Waals surface area contributed by atoms with Crippen LogP contribution in [0.3, 0.4) is 0 Å². The van der Waals surface area contributed by atoms with Gasteiger partial charge in [0.05, 0.1) is 6.61 Å². The topological polar surface area (TPSA) is 70.1 Å². The number of nitrogens with one attached hydrogen (secondary N) is 1. The van der Waals surface area contributed by atoms with E-state index in [0.29, 0.717) is 22.6 Å². The summed E-state index contributed by atoms with van der Waals surface area (Å²) in [5, 5.41) is 15.7. The quantitative estimate of drug-likeness (QED) is 0.404. The average molecular weight is 228 g/mol. The normalized spacial score (nSPS) is 10.3. The third-order valence-corrected chi connectivity index (χ3v) is 2.84. The molecule has 0 fully saturated rings. The van der Waals surface area contributed by atoms with Crippen LogP contribution in [0.15, 0.2) is 18.2 Å². The van der Waals surface area contributed by atoms with Gasteiger partial charge in [0.25, 0.3) is 0 Å². The molecule has 0 amide bonds. The molecular formula is C10H13FN2OS. The molecular weight excluding hydrogens is 215 g/mol. The molecule has 0 spiro atoms. The van der Waals surface area contributed by atoms with Gasteiger partial charge in [0.2, 0.25) is 0 Å². The zero-order chi connectivity index (χ0) is 11.3. The van der Waals surface area contributed by atoms with E-state index in [2.05, 4.69) is 0 Å². The Balaban J connectivity index is 2.70. The lowest BCUT2D eigenvalue weighted by molar-refractivity contribution is 0.322. The summed E-state index contributed by atoms with van der Waals surface area (Å²) < 4.78 is 13.4. The number of aliphatic hydroxyl groups is 1. The monoisotopic (exact) mass is 228 g/mol. The van der Waals surface area contributed by atoms with E-state index in [-0.39, 0.29) is 18.3 Å². The number of aliphatic hydroxyl groups excluding tert-OH is 1. The maximum Gasteiger partial charge on any atom is 0.127 e. The molecule has 0 heterocycles. The second-order valence-corrected chi connectivity index (χ2v) is 4.10. The molecule has 4 N–H and O–H groups in total. The van der Waals surface area contributed by atoms with Crippen LogP contribution in [-0.4, -0.2) is 23.3 Å². The lowest BCUT2D eigenvalue weighted by Gasteiger charge is -2.04. The van der Waals surface area contributed by atoms with Gasteiger partial charge >= 0.3 is 0 Å². The molecule has 0 aliphatic heterocycles. The maximum absolute atomic E-state index is 13.4. The van der Waals surface area contributed by atoms with Gasteiger partial charge in [-0.05, 0) is 11.6 Å². The van der Waals surface area contributed by atoms with Gasteiger partial charge in [0, 0.05) is 17.1 Å². The Hall–Kier alpha value is -1.07. The van der Waals surface area contributed by atoms with Crippen molar-refractivity contribution < 1.29 is 9.50 Å². The zero-order valence-corrected chi connectivity index (χ0v) is 8.98. The number of rotatable bonds is 5. The van der Waals surface area contributed by atoms with Crippen LogP contribution in [0.1, 0.15) is 11.1 Å². The minimum atomic E-state index is -0.354. The van der Waals surface area contributed by atoms with Gasteiger partial charge in [-0.1, -0.05) is 12.1 Å². The molecule has 0 saturated carbocycles. The van der Waals surface area contributed by atoms with E-state index in [1.54, 1.807) is 12.1 Å². The smallest absolute Gasteiger partial charge is 0.127 e. The lowest BCUT2D eigenvalue weighted by Crippen LogP contribution is -2.11.